The van der Waals surface area contributed by atoms with E-state index in [0.29, 0.717) is 12.5 Å². The average molecular weight is 324 g/mol. The zero-order valence-corrected chi connectivity index (χ0v) is 14.3. The third kappa shape index (κ3) is 3.73. The van der Waals surface area contributed by atoms with Crippen molar-refractivity contribution in [1.29, 1.82) is 0 Å². The number of aliphatic imine (C=N–C) groups is 1. The van der Waals surface area contributed by atoms with E-state index in [-0.39, 0.29) is 5.41 Å². The molecule has 0 saturated carbocycles. The van der Waals surface area contributed by atoms with Gasteiger partial charge in [-0.3, -0.25) is 4.99 Å². The molecular formula is C17H26ClN3O. The second-order valence-electron chi connectivity index (χ2n) is 5.72. The van der Waals surface area contributed by atoms with Crippen LogP contribution in [0.15, 0.2) is 29.3 Å². The van der Waals surface area contributed by atoms with E-state index in [4.69, 9.17) is 22.1 Å². The van der Waals surface area contributed by atoms with Crippen LogP contribution in [0.25, 0.3) is 0 Å². The Bertz CT molecular complexity index is 508. The Labute approximate surface area is 138 Å². The standard InChI is InChI=1S/C17H26ClN3O/c1-3-21(4-2)16(19)20-13-17(9-11-22-12-10-17)14-7-5-6-8-15(14)18/h5-8H,3-4,9-13H2,1-2H3,(H2,19,20). The molecule has 5 heteroatoms. The van der Waals surface area contributed by atoms with Gasteiger partial charge in [-0.2, -0.15) is 0 Å². The Kier molecular flexibility index (Phi) is 6.09. The summed E-state index contributed by atoms with van der Waals surface area (Å²) < 4.78 is 5.55. The average Bonchev–Trinajstić information content (AvgIpc) is 2.55. The molecule has 0 spiro atoms. The smallest absolute Gasteiger partial charge is 0.191 e. The number of hydrogen-bond donors (Lipinski definition) is 1. The van der Waals surface area contributed by atoms with Gasteiger partial charge in [-0.05, 0) is 38.3 Å². The lowest BCUT2D eigenvalue weighted by atomic mass is 9.74. The molecule has 0 aliphatic carbocycles. The fourth-order valence-electron chi connectivity index (χ4n) is 3.05. The van der Waals surface area contributed by atoms with E-state index in [1.54, 1.807) is 0 Å². The minimum Gasteiger partial charge on any atom is -0.381 e. The number of guanidine groups is 1. The number of hydrogen-bond acceptors (Lipinski definition) is 2. The van der Waals surface area contributed by atoms with Crippen LogP contribution in [-0.2, 0) is 10.2 Å². The van der Waals surface area contributed by atoms with Gasteiger partial charge in [0.1, 0.15) is 0 Å². The highest BCUT2D eigenvalue weighted by atomic mass is 35.5. The van der Waals surface area contributed by atoms with Crippen LogP contribution in [0.2, 0.25) is 5.02 Å². The molecule has 0 aromatic heterocycles. The van der Waals surface area contributed by atoms with Crippen LogP contribution in [0.4, 0.5) is 0 Å². The minimum absolute atomic E-state index is 0.0750. The van der Waals surface area contributed by atoms with Gasteiger partial charge in [-0.15, -0.1) is 0 Å². The Balaban J connectivity index is 2.27. The predicted molar refractivity (Wildman–Crippen MR) is 92.6 cm³/mol. The molecule has 22 heavy (non-hydrogen) atoms. The van der Waals surface area contributed by atoms with Crippen molar-refractivity contribution in [3.8, 4) is 0 Å². The molecule has 0 unspecified atom stereocenters. The second-order valence-corrected chi connectivity index (χ2v) is 6.13. The summed E-state index contributed by atoms with van der Waals surface area (Å²) in [6.45, 7) is 8.05. The van der Waals surface area contributed by atoms with Gasteiger partial charge < -0.3 is 15.4 Å². The number of nitrogens with zero attached hydrogens (tertiary/aromatic N) is 2. The van der Waals surface area contributed by atoms with E-state index < -0.39 is 0 Å². The zero-order valence-electron chi connectivity index (χ0n) is 13.5. The maximum atomic E-state index is 6.45. The highest BCUT2D eigenvalue weighted by Crippen LogP contribution is 2.38. The summed E-state index contributed by atoms with van der Waals surface area (Å²) in [7, 11) is 0. The van der Waals surface area contributed by atoms with Crippen LogP contribution in [0.5, 0.6) is 0 Å². The molecule has 0 bridgehead atoms. The largest absolute Gasteiger partial charge is 0.381 e. The van der Waals surface area contributed by atoms with Crippen LogP contribution in [0.3, 0.4) is 0 Å². The van der Waals surface area contributed by atoms with Crippen molar-refractivity contribution < 1.29 is 4.74 Å². The van der Waals surface area contributed by atoms with Gasteiger partial charge in [0.25, 0.3) is 0 Å². The van der Waals surface area contributed by atoms with Crippen molar-refractivity contribution in [1.82, 2.24) is 4.90 Å². The van der Waals surface area contributed by atoms with E-state index in [0.717, 1.165) is 49.7 Å². The van der Waals surface area contributed by atoms with Crippen LogP contribution in [-0.4, -0.2) is 43.7 Å². The van der Waals surface area contributed by atoms with Gasteiger partial charge in [-0.1, -0.05) is 29.8 Å². The summed E-state index contributed by atoms with van der Waals surface area (Å²) in [4.78, 5) is 6.75. The van der Waals surface area contributed by atoms with E-state index >= 15 is 0 Å². The Morgan fingerprint density at radius 1 is 1.27 bits per heavy atom. The van der Waals surface area contributed by atoms with E-state index in [1.807, 2.05) is 18.2 Å². The fourth-order valence-corrected chi connectivity index (χ4v) is 3.38. The van der Waals surface area contributed by atoms with Crippen molar-refractivity contribution in [2.75, 3.05) is 32.8 Å². The van der Waals surface area contributed by atoms with Crippen molar-refractivity contribution >= 4 is 17.6 Å². The molecule has 0 amide bonds. The number of halogens is 1. The number of ether oxygens (including phenoxy) is 1. The Hall–Kier alpha value is -1.26. The fraction of sp³-hybridized carbons (Fsp3) is 0.588. The molecule has 2 N–H and O–H groups in total. The topological polar surface area (TPSA) is 50.8 Å². The molecule has 0 atom stereocenters. The van der Waals surface area contributed by atoms with Crippen molar-refractivity contribution in [2.24, 2.45) is 10.7 Å². The van der Waals surface area contributed by atoms with Crippen LogP contribution in [0, 0.1) is 0 Å². The molecule has 2 rings (SSSR count). The van der Waals surface area contributed by atoms with Gasteiger partial charge in [0.2, 0.25) is 0 Å². The van der Waals surface area contributed by atoms with Gasteiger partial charge >= 0.3 is 0 Å². The first-order valence-corrected chi connectivity index (χ1v) is 8.38. The van der Waals surface area contributed by atoms with Crippen molar-refractivity contribution in [2.45, 2.75) is 32.1 Å². The van der Waals surface area contributed by atoms with Crippen LogP contribution in [0.1, 0.15) is 32.3 Å². The first-order chi connectivity index (χ1) is 10.6. The third-order valence-corrected chi connectivity index (χ3v) is 4.86. The lowest BCUT2D eigenvalue weighted by Crippen LogP contribution is -2.41. The predicted octanol–water partition coefficient (Wildman–Crippen LogP) is 3.04. The number of rotatable bonds is 5. The normalized spacial score (nSPS) is 18.2. The number of benzene rings is 1. The van der Waals surface area contributed by atoms with Crippen LogP contribution < -0.4 is 5.73 Å². The molecule has 1 heterocycles. The third-order valence-electron chi connectivity index (χ3n) is 4.53. The second kappa shape index (κ2) is 7.84. The highest BCUT2D eigenvalue weighted by Gasteiger charge is 2.36. The van der Waals surface area contributed by atoms with Crippen molar-refractivity contribution in [3.05, 3.63) is 34.9 Å². The maximum absolute atomic E-state index is 6.45. The van der Waals surface area contributed by atoms with Gasteiger partial charge in [0.05, 0.1) is 6.54 Å². The first-order valence-electron chi connectivity index (χ1n) is 8.00. The lowest BCUT2D eigenvalue weighted by molar-refractivity contribution is 0.0531. The van der Waals surface area contributed by atoms with Gasteiger partial charge in [-0.25, -0.2) is 0 Å². The molecule has 4 nitrogen and oxygen atoms in total. The summed E-state index contributed by atoms with van der Waals surface area (Å²) in [6, 6.07) is 8.06. The summed E-state index contributed by atoms with van der Waals surface area (Å²) in [5, 5.41) is 0.806. The summed E-state index contributed by atoms with van der Waals surface area (Å²) >= 11 is 6.45. The summed E-state index contributed by atoms with van der Waals surface area (Å²) in [5.41, 5.74) is 7.23. The van der Waals surface area contributed by atoms with Gasteiger partial charge in [0, 0.05) is 36.7 Å². The Morgan fingerprint density at radius 3 is 2.50 bits per heavy atom. The summed E-state index contributed by atoms with van der Waals surface area (Å²) in [5.74, 6) is 0.614. The highest BCUT2D eigenvalue weighted by molar-refractivity contribution is 6.31. The SMILES string of the molecule is CCN(CC)C(N)=NCC1(c2ccccc2Cl)CCOCC1. The molecule has 0 radical (unpaired) electrons. The molecular weight excluding hydrogens is 298 g/mol. The molecule has 1 fully saturated rings. The Morgan fingerprint density at radius 2 is 1.91 bits per heavy atom. The minimum atomic E-state index is -0.0750. The quantitative estimate of drug-likeness (QED) is 0.669. The number of nitrogens with two attached hydrogens (primary N) is 1. The molecule has 122 valence electrons. The molecule has 1 aliphatic rings. The van der Waals surface area contributed by atoms with E-state index in [1.165, 1.54) is 0 Å². The lowest BCUT2D eigenvalue weighted by Gasteiger charge is -2.37. The first kappa shape index (κ1) is 17.1. The molecule has 1 aliphatic heterocycles. The molecule has 1 aromatic carbocycles. The van der Waals surface area contributed by atoms with Gasteiger partial charge in [0.15, 0.2) is 5.96 Å². The van der Waals surface area contributed by atoms with E-state index in [2.05, 4.69) is 29.8 Å². The van der Waals surface area contributed by atoms with E-state index in [9.17, 15) is 0 Å². The molecule has 1 aromatic rings. The summed E-state index contributed by atoms with van der Waals surface area (Å²) in [6.07, 6.45) is 1.84. The monoisotopic (exact) mass is 323 g/mol. The van der Waals surface area contributed by atoms with Crippen LogP contribution >= 0.6 is 11.6 Å². The van der Waals surface area contributed by atoms with Crippen molar-refractivity contribution in [3.63, 3.8) is 0 Å². The zero-order chi connectivity index (χ0) is 16.0. The maximum Gasteiger partial charge on any atom is 0.191 e. The molecule has 1 saturated heterocycles.